The van der Waals surface area contributed by atoms with E-state index in [1.807, 2.05) is 32.6 Å². The van der Waals surface area contributed by atoms with E-state index in [0.717, 1.165) is 25.9 Å². The first-order valence-electron chi connectivity index (χ1n) is 7.58. The van der Waals surface area contributed by atoms with Crippen LogP contribution in [0.2, 0.25) is 0 Å². The van der Waals surface area contributed by atoms with E-state index in [-0.39, 0.29) is 30.7 Å². The molecule has 1 fully saturated rings. The van der Waals surface area contributed by atoms with Gasteiger partial charge in [-0.3, -0.25) is 0 Å². The van der Waals surface area contributed by atoms with E-state index in [1.165, 1.54) is 0 Å². The second kappa shape index (κ2) is 7.27. The van der Waals surface area contributed by atoms with Crippen molar-refractivity contribution in [2.45, 2.75) is 65.1 Å². The van der Waals surface area contributed by atoms with Crippen LogP contribution in [0, 0.1) is 5.92 Å². The molecule has 0 spiro atoms. The van der Waals surface area contributed by atoms with Crippen molar-refractivity contribution < 1.29 is 14.6 Å². The number of amides is 1. The lowest BCUT2D eigenvalue weighted by Gasteiger charge is -2.32. The molecule has 0 saturated carbocycles. The second-order valence-electron chi connectivity index (χ2n) is 6.87. The molecule has 1 aliphatic heterocycles. The van der Waals surface area contributed by atoms with Crippen LogP contribution in [0.25, 0.3) is 0 Å². The van der Waals surface area contributed by atoms with Crippen LogP contribution in [0.3, 0.4) is 0 Å². The number of nitrogens with one attached hydrogen (secondary N) is 1. The van der Waals surface area contributed by atoms with Crippen LogP contribution in [0.5, 0.6) is 0 Å². The van der Waals surface area contributed by atoms with Crippen molar-refractivity contribution in [3.05, 3.63) is 0 Å². The van der Waals surface area contributed by atoms with Crippen molar-refractivity contribution in [1.82, 2.24) is 10.2 Å². The van der Waals surface area contributed by atoms with Gasteiger partial charge < -0.3 is 20.1 Å². The zero-order valence-electron chi connectivity index (χ0n) is 13.5. The molecule has 1 amide bonds. The molecule has 5 nitrogen and oxygen atoms in total. The number of nitrogens with zero attached hydrogens (tertiary/aromatic N) is 1. The van der Waals surface area contributed by atoms with Crippen LogP contribution in [0.1, 0.15) is 47.5 Å². The molecule has 0 bridgehead atoms. The van der Waals surface area contributed by atoms with Gasteiger partial charge in [0.05, 0.1) is 6.04 Å². The summed E-state index contributed by atoms with van der Waals surface area (Å²) in [6, 6.07) is 0.384. The molecule has 0 radical (unpaired) electrons. The van der Waals surface area contributed by atoms with E-state index in [2.05, 4.69) is 12.2 Å². The van der Waals surface area contributed by atoms with Crippen molar-refractivity contribution in [3.63, 3.8) is 0 Å². The molecule has 3 atom stereocenters. The quantitative estimate of drug-likeness (QED) is 0.811. The molecule has 1 rings (SSSR count). The lowest BCUT2D eigenvalue weighted by atomic mass is 10.1. The highest BCUT2D eigenvalue weighted by molar-refractivity contribution is 5.69. The van der Waals surface area contributed by atoms with E-state index in [4.69, 9.17) is 9.84 Å². The smallest absolute Gasteiger partial charge is 0.410 e. The maximum absolute atomic E-state index is 12.2. The molecular formula is C15H30N2O3. The number of likely N-dealkylation sites (tertiary alicyclic amines) is 1. The number of aliphatic hydroxyl groups is 1. The van der Waals surface area contributed by atoms with Crippen LogP contribution in [0.15, 0.2) is 0 Å². The number of ether oxygens (including phenoxy) is 1. The number of carbonyl (C=O) groups excluding carboxylic acids is 1. The normalized spacial score (nSPS) is 22.7. The van der Waals surface area contributed by atoms with Crippen LogP contribution >= 0.6 is 0 Å². The summed E-state index contributed by atoms with van der Waals surface area (Å²) < 4.78 is 5.47. The van der Waals surface area contributed by atoms with Crippen LogP contribution in [0.4, 0.5) is 4.79 Å². The summed E-state index contributed by atoms with van der Waals surface area (Å²) >= 11 is 0. The summed E-state index contributed by atoms with van der Waals surface area (Å²) in [5.41, 5.74) is -0.452. The van der Waals surface area contributed by atoms with Gasteiger partial charge in [0.1, 0.15) is 5.60 Å². The van der Waals surface area contributed by atoms with Gasteiger partial charge in [0.2, 0.25) is 0 Å². The third-order valence-corrected chi connectivity index (χ3v) is 3.60. The van der Waals surface area contributed by atoms with Gasteiger partial charge in [-0.1, -0.05) is 6.92 Å². The summed E-state index contributed by atoms with van der Waals surface area (Å²) in [6.45, 7) is 11.5. The SMILES string of the molecule is CC(CO)CNC(C)C1CCCN1C(=O)OC(C)(C)C. The Hall–Kier alpha value is -0.810. The molecule has 0 aromatic carbocycles. The monoisotopic (exact) mass is 286 g/mol. The van der Waals surface area contributed by atoms with Crippen molar-refractivity contribution in [2.75, 3.05) is 19.7 Å². The summed E-state index contributed by atoms with van der Waals surface area (Å²) in [5, 5.41) is 12.5. The van der Waals surface area contributed by atoms with Crippen molar-refractivity contribution in [3.8, 4) is 0 Å². The van der Waals surface area contributed by atoms with E-state index < -0.39 is 5.60 Å². The topological polar surface area (TPSA) is 61.8 Å². The molecule has 3 unspecified atom stereocenters. The number of hydrogen-bond donors (Lipinski definition) is 2. The highest BCUT2D eigenvalue weighted by atomic mass is 16.6. The first-order chi connectivity index (χ1) is 9.24. The molecule has 2 N–H and O–H groups in total. The van der Waals surface area contributed by atoms with E-state index in [1.54, 1.807) is 0 Å². The van der Waals surface area contributed by atoms with Gasteiger partial charge in [0.25, 0.3) is 0 Å². The predicted octanol–water partition coefficient (Wildman–Crippen LogP) is 1.99. The zero-order valence-corrected chi connectivity index (χ0v) is 13.5. The Kier molecular flexibility index (Phi) is 6.27. The number of hydrogen-bond acceptors (Lipinski definition) is 4. The van der Waals surface area contributed by atoms with Crippen LogP contribution < -0.4 is 5.32 Å². The average molecular weight is 286 g/mol. The van der Waals surface area contributed by atoms with Gasteiger partial charge in [-0.05, 0) is 46.5 Å². The highest BCUT2D eigenvalue weighted by Crippen LogP contribution is 2.23. The minimum atomic E-state index is -0.452. The number of aliphatic hydroxyl groups excluding tert-OH is 1. The summed E-state index contributed by atoms with van der Waals surface area (Å²) in [7, 11) is 0. The Morgan fingerprint density at radius 3 is 2.65 bits per heavy atom. The standard InChI is InChI=1S/C15H30N2O3/c1-11(10-18)9-16-12(2)13-7-6-8-17(13)14(19)20-15(3,4)5/h11-13,16,18H,6-10H2,1-5H3. The van der Waals surface area contributed by atoms with Crippen molar-refractivity contribution >= 4 is 6.09 Å². The van der Waals surface area contributed by atoms with E-state index in [9.17, 15) is 4.79 Å². The Morgan fingerprint density at radius 2 is 2.10 bits per heavy atom. The first-order valence-corrected chi connectivity index (χ1v) is 7.58. The van der Waals surface area contributed by atoms with Gasteiger partial charge in [-0.25, -0.2) is 4.79 Å². The van der Waals surface area contributed by atoms with E-state index in [0.29, 0.717) is 0 Å². The number of rotatable bonds is 5. The Bertz CT molecular complexity index is 315. The lowest BCUT2D eigenvalue weighted by Crippen LogP contribution is -2.49. The fourth-order valence-corrected chi connectivity index (χ4v) is 2.45. The maximum Gasteiger partial charge on any atom is 0.410 e. The maximum atomic E-state index is 12.2. The number of carbonyl (C=O) groups is 1. The summed E-state index contributed by atoms with van der Waals surface area (Å²) in [4.78, 5) is 14.0. The molecule has 0 aliphatic carbocycles. The fraction of sp³-hybridized carbons (Fsp3) is 0.933. The predicted molar refractivity (Wildman–Crippen MR) is 79.7 cm³/mol. The van der Waals surface area contributed by atoms with Crippen molar-refractivity contribution in [2.24, 2.45) is 5.92 Å². The molecular weight excluding hydrogens is 256 g/mol. The molecule has 1 heterocycles. The largest absolute Gasteiger partial charge is 0.444 e. The Balaban J connectivity index is 2.53. The molecule has 20 heavy (non-hydrogen) atoms. The summed E-state index contributed by atoms with van der Waals surface area (Å²) in [6.07, 6.45) is 1.80. The van der Waals surface area contributed by atoms with Gasteiger partial charge >= 0.3 is 6.09 Å². The third-order valence-electron chi connectivity index (χ3n) is 3.60. The van der Waals surface area contributed by atoms with Gasteiger partial charge in [0.15, 0.2) is 0 Å². The van der Waals surface area contributed by atoms with E-state index >= 15 is 0 Å². The zero-order chi connectivity index (χ0) is 15.3. The minimum absolute atomic E-state index is 0.177. The Labute approximate surface area is 122 Å². The molecule has 0 aromatic rings. The Morgan fingerprint density at radius 1 is 1.45 bits per heavy atom. The molecule has 0 aromatic heterocycles. The van der Waals surface area contributed by atoms with Crippen LogP contribution in [-0.2, 0) is 4.74 Å². The molecule has 118 valence electrons. The fourth-order valence-electron chi connectivity index (χ4n) is 2.45. The summed E-state index contributed by atoms with van der Waals surface area (Å²) in [5.74, 6) is 0.230. The first kappa shape index (κ1) is 17.2. The molecule has 5 heteroatoms. The lowest BCUT2D eigenvalue weighted by molar-refractivity contribution is 0.0199. The van der Waals surface area contributed by atoms with Crippen LogP contribution in [-0.4, -0.2) is 53.5 Å². The second-order valence-corrected chi connectivity index (χ2v) is 6.87. The minimum Gasteiger partial charge on any atom is -0.444 e. The van der Waals surface area contributed by atoms with Gasteiger partial charge in [-0.2, -0.15) is 0 Å². The van der Waals surface area contributed by atoms with Crippen molar-refractivity contribution in [1.29, 1.82) is 0 Å². The average Bonchev–Trinajstić information content (AvgIpc) is 2.82. The van der Waals surface area contributed by atoms with Gasteiger partial charge in [-0.15, -0.1) is 0 Å². The highest BCUT2D eigenvalue weighted by Gasteiger charge is 2.35. The molecule has 1 saturated heterocycles. The van der Waals surface area contributed by atoms with Gasteiger partial charge in [0, 0.05) is 25.7 Å². The molecule has 1 aliphatic rings. The third kappa shape index (κ3) is 5.29.